The van der Waals surface area contributed by atoms with Crippen molar-refractivity contribution < 1.29 is 9.53 Å². The number of thiophene rings is 1. The van der Waals surface area contributed by atoms with E-state index in [0.717, 1.165) is 22.6 Å². The number of anilines is 1. The van der Waals surface area contributed by atoms with Crippen LogP contribution >= 0.6 is 11.3 Å². The van der Waals surface area contributed by atoms with Gasteiger partial charge in [-0.3, -0.25) is 9.78 Å². The third-order valence-corrected chi connectivity index (χ3v) is 4.84. The molecule has 1 aliphatic rings. The predicted octanol–water partition coefficient (Wildman–Crippen LogP) is 2.38. The van der Waals surface area contributed by atoms with Crippen LogP contribution in [0.4, 0.5) is 5.69 Å². The Bertz CT molecular complexity index is 651. The van der Waals surface area contributed by atoms with Crippen molar-refractivity contribution in [2.75, 3.05) is 32.5 Å². The van der Waals surface area contributed by atoms with Gasteiger partial charge in [0.05, 0.1) is 17.0 Å². The molecule has 1 amide bonds. The lowest BCUT2D eigenvalue weighted by molar-refractivity contribution is 0.0686. The Hall–Kier alpha value is -1.66. The van der Waals surface area contributed by atoms with Crippen LogP contribution in [0.3, 0.4) is 0 Å². The normalized spacial score (nSPS) is 14.5. The number of rotatable bonds is 6. The highest BCUT2D eigenvalue weighted by Gasteiger charge is 2.22. The standard InChI is InChI=1S/C15H19N3O2S/c1-18(6-7-20-9-10-2-3-10)15(19)14-13(16)11-4-5-17-8-12(11)21-14/h4-5,8,10H,2-3,6-7,9,16H2,1H3. The molecule has 0 aromatic carbocycles. The number of nitrogens with two attached hydrogens (primary N) is 1. The molecule has 0 bridgehead atoms. The van der Waals surface area contributed by atoms with Gasteiger partial charge in [0.25, 0.3) is 5.91 Å². The topological polar surface area (TPSA) is 68.5 Å². The molecule has 3 rings (SSSR count). The fourth-order valence-electron chi connectivity index (χ4n) is 2.14. The maximum atomic E-state index is 12.5. The molecule has 0 unspecified atom stereocenters. The number of carbonyl (C=O) groups is 1. The number of likely N-dealkylation sites (N-methyl/N-ethyl adjacent to an activating group) is 1. The summed E-state index contributed by atoms with van der Waals surface area (Å²) in [5, 5.41) is 0.900. The minimum atomic E-state index is -0.0521. The van der Waals surface area contributed by atoms with Crippen LogP contribution in [-0.2, 0) is 4.74 Å². The Morgan fingerprint density at radius 2 is 2.38 bits per heavy atom. The summed E-state index contributed by atoms with van der Waals surface area (Å²) in [5.41, 5.74) is 6.63. The van der Waals surface area contributed by atoms with Gasteiger partial charge < -0.3 is 15.4 Å². The van der Waals surface area contributed by atoms with Crippen molar-refractivity contribution in [1.29, 1.82) is 0 Å². The molecule has 5 nitrogen and oxygen atoms in total. The summed E-state index contributed by atoms with van der Waals surface area (Å²) in [6.45, 7) is 1.97. The predicted molar refractivity (Wildman–Crippen MR) is 84.5 cm³/mol. The van der Waals surface area contributed by atoms with E-state index in [1.165, 1.54) is 24.2 Å². The van der Waals surface area contributed by atoms with Gasteiger partial charge in [-0.1, -0.05) is 0 Å². The lowest BCUT2D eigenvalue weighted by Crippen LogP contribution is -2.30. The highest BCUT2D eigenvalue weighted by atomic mass is 32.1. The minimum Gasteiger partial charge on any atom is -0.397 e. The largest absolute Gasteiger partial charge is 0.397 e. The zero-order valence-corrected chi connectivity index (χ0v) is 12.9. The molecule has 0 spiro atoms. The Morgan fingerprint density at radius 3 is 3.10 bits per heavy atom. The fourth-order valence-corrected chi connectivity index (χ4v) is 3.23. The summed E-state index contributed by atoms with van der Waals surface area (Å²) in [7, 11) is 1.78. The summed E-state index contributed by atoms with van der Waals surface area (Å²) < 4.78 is 6.51. The number of nitrogens with zero attached hydrogens (tertiary/aromatic N) is 2. The first kappa shape index (κ1) is 14.3. The van der Waals surface area contributed by atoms with Gasteiger partial charge in [-0.25, -0.2) is 0 Å². The molecule has 2 aromatic heterocycles. The molecule has 0 aliphatic heterocycles. The number of nitrogen functional groups attached to an aromatic ring is 1. The third kappa shape index (κ3) is 3.16. The average Bonchev–Trinajstić information content (AvgIpc) is 3.26. The summed E-state index contributed by atoms with van der Waals surface area (Å²) in [4.78, 5) is 18.8. The zero-order chi connectivity index (χ0) is 14.8. The van der Waals surface area contributed by atoms with Crippen molar-refractivity contribution in [2.24, 2.45) is 5.92 Å². The van der Waals surface area contributed by atoms with Crippen LogP contribution in [0.25, 0.3) is 10.1 Å². The second-order valence-corrected chi connectivity index (χ2v) is 6.51. The first-order valence-electron chi connectivity index (χ1n) is 7.12. The number of amides is 1. The van der Waals surface area contributed by atoms with Crippen LogP contribution in [0.1, 0.15) is 22.5 Å². The maximum absolute atomic E-state index is 12.5. The van der Waals surface area contributed by atoms with E-state index in [0.29, 0.717) is 23.7 Å². The van der Waals surface area contributed by atoms with Crippen molar-refractivity contribution in [3.63, 3.8) is 0 Å². The first-order valence-corrected chi connectivity index (χ1v) is 7.93. The van der Waals surface area contributed by atoms with Gasteiger partial charge in [0.2, 0.25) is 0 Å². The van der Waals surface area contributed by atoms with Gasteiger partial charge in [0.15, 0.2) is 0 Å². The molecular weight excluding hydrogens is 286 g/mol. The van der Waals surface area contributed by atoms with Crippen molar-refractivity contribution in [3.8, 4) is 0 Å². The Kier molecular flexibility index (Phi) is 4.07. The SMILES string of the molecule is CN(CCOCC1CC1)C(=O)c1sc2cnccc2c1N. The molecule has 1 aliphatic carbocycles. The molecule has 1 saturated carbocycles. The molecule has 2 heterocycles. The second kappa shape index (κ2) is 5.99. The summed E-state index contributed by atoms with van der Waals surface area (Å²) in [6.07, 6.45) is 5.99. The minimum absolute atomic E-state index is 0.0521. The van der Waals surface area contributed by atoms with E-state index in [4.69, 9.17) is 10.5 Å². The van der Waals surface area contributed by atoms with E-state index < -0.39 is 0 Å². The molecule has 0 atom stereocenters. The number of pyridine rings is 1. The van der Waals surface area contributed by atoms with E-state index in [-0.39, 0.29) is 5.91 Å². The molecule has 6 heteroatoms. The van der Waals surface area contributed by atoms with Gasteiger partial charge in [-0.15, -0.1) is 11.3 Å². The number of hydrogen-bond acceptors (Lipinski definition) is 5. The first-order chi connectivity index (χ1) is 10.2. The monoisotopic (exact) mass is 305 g/mol. The number of fused-ring (bicyclic) bond motifs is 1. The molecule has 2 N–H and O–H groups in total. The average molecular weight is 305 g/mol. The summed E-state index contributed by atoms with van der Waals surface area (Å²) >= 11 is 1.39. The smallest absolute Gasteiger partial charge is 0.265 e. The summed E-state index contributed by atoms with van der Waals surface area (Å²) in [5.74, 6) is 0.695. The van der Waals surface area contributed by atoms with Gasteiger partial charge in [0.1, 0.15) is 4.88 Å². The van der Waals surface area contributed by atoms with E-state index in [1.54, 1.807) is 24.3 Å². The van der Waals surface area contributed by atoms with Gasteiger partial charge in [-0.2, -0.15) is 0 Å². The molecular formula is C15H19N3O2S. The van der Waals surface area contributed by atoms with Crippen molar-refractivity contribution in [2.45, 2.75) is 12.8 Å². The van der Waals surface area contributed by atoms with Crippen LogP contribution in [0, 0.1) is 5.92 Å². The Balaban J connectivity index is 1.63. The quantitative estimate of drug-likeness (QED) is 0.832. The fraction of sp³-hybridized carbons (Fsp3) is 0.467. The van der Waals surface area contributed by atoms with E-state index in [1.807, 2.05) is 6.07 Å². The number of ether oxygens (including phenoxy) is 1. The van der Waals surface area contributed by atoms with Gasteiger partial charge in [-0.05, 0) is 24.8 Å². The van der Waals surface area contributed by atoms with Crippen LogP contribution in [0.2, 0.25) is 0 Å². The summed E-state index contributed by atoms with van der Waals surface area (Å²) in [6, 6.07) is 1.84. The van der Waals surface area contributed by atoms with Crippen LogP contribution in [-0.4, -0.2) is 42.6 Å². The highest BCUT2D eigenvalue weighted by Crippen LogP contribution is 2.33. The van der Waals surface area contributed by atoms with Crippen molar-refractivity contribution in [1.82, 2.24) is 9.88 Å². The molecule has 21 heavy (non-hydrogen) atoms. The van der Waals surface area contributed by atoms with Gasteiger partial charge in [0, 0.05) is 38.0 Å². The zero-order valence-electron chi connectivity index (χ0n) is 12.0. The van der Waals surface area contributed by atoms with Crippen LogP contribution in [0.5, 0.6) is 0 Å². The number of aromatic nitrogens is 1. The van der Waals surface area contributed by atoms with E-state index in [9.17, 15) is 4.79 Å². The second-order valence-electron chi connectivity index (χ2n) is 5.46. The van der Waals surface area contributed by atoms with Crippen molar-refractivity contribution >= 4 is 33.0 Å². The Morgan fingerprint density at radius 1 is 1.57 bits per heavy atom. The highest BCUT2D eigenvalue weighted by molar-refractivity contribution is 7.21. The van der Waals surface area contributed by atoms with Crippen molar-refractivity contribution in [3.05, 3.63) is 23.3 Å². The maximum Gasteiger partial charge on any atom is 0.265 e. The lowest BCUT2D eigenvalue weighted by atomic mass is 10.2. The molecule has 1 fully saturated rings. The molecule has 2 aromatic rings. The van der Waals surface area contributed by atoms with E-state index in [2.05, 4.69) is 4.98 Å². The molecule has 112 valence electrons. The molecule has 0 saturated heterocycles. The van der Waals surface area contributed by atoms with Crippen LogP contribution < -0.4 is 5.73 Å². The number of hydrogen-bond donors (Lipinski definition) is 1. The van der Waals surface area contributed by atoms with Crippen LogP contribution in [0.15, 0.2) is 18.5 Å². The Labute approximate surface area is 127 Å². The number of carbonyl (C=O) groups excluding carboxylic acids is 1. The van der Waals surface area contributed by atoms with Gasteiger partial charge >= 0.3 is 0 Å². The van der Waals surface area contributed by atoms with E-state index >= 15 is 0 Å². The lowest BCUT2D eigenvalue weighted by Gasteiger charge is -2.16. The molecule has 0 radical (unpaired) electrons. The third-order valence-electron chi connectivity index (χ3n) is 3.69.